The number of morpholine rings is 1. The first kappa shape index (κ1) is 26.0. The zero-order valence-electron chi connectivity index (χ0n) is 22.1. The number of nitrogens with zero attached hydrogens (tertiary/aromatic N) is 1. The molecular formula is C29H34N2O8. The molecule has 6 rings (SSSR count). The van der Waals surface area contributed by atoms with Crippen molar-refractivity contribution in [3.8, 4) is 5.75 Å². The molecule has 1 aliphatic heterocycles. The largest absolute Gasteiger partial charge is 0.508 e. The second kappa shape index (κ2) is 8.64. The van der Waals surface area contributed by atoms with Crippen LogP contribution in [-0.4, -0.2) is 80.7 Å². The first-order valence-electron chi connectivity index (χ1n) is 13.5. The fourth-order valence-corrected chi connectivity index (χ4v) is 7.83. The highest BCUT2D eigenvalue weighted by Gasteiger charge is 2.64. The molecule has 0 aromatic heterocycles. The molecule has 4 atom stereocenters. The Labute approximate surface area is 225 Å². The molecule has 10 nitrogen and oxygen atoms in total. The number of amides is 1. The summed E-state index contributed by atoms with van der Waals surface area (Å²) in [4.78, 5) is 41.7. The van der Waals surface area contributed by atoms with Gasteiger partial charge in [-0.1, -0.05) is 19.9 Å². The lowest BCUT2D eigenvalue weighted by atomic mass is 9.56. The average molecular weight is 539 g/mol. The van der Waals surface area contributed by atoms with E-state index in [9.17, 15) is 34.8 Å². The summed E-state index contributed by atoms with van der Waals surface area (Å²) >= 11 is 0. The number of benzene rings is 1. The van der Waals surface area contributed by atoms with E-state index < -0.39 is 58.0 Å². The number of aliphatic hydroxyl groups is 3. The summed E-state index contributed by atoms with van der Waals surface area (Å²) in [6.45, 7) is 5.71. The van der Waals surface area contributed by atoms with Crippen molar-refractivity contribution in [3.63, 3.8) is 0 Å². The Morgan fingerprint density at radius 3 is 2.36 bits per heavy atom. The van der Waals surface area contributed by atoms with Crippen LogP contribution in [0.1, 0.15) is 55.7 Å². The minimum atomic E-state index is -2.64. The third-order valence-corrected chi connectivity index (χ3v) is 9.56. The molecule has 1 saturated heterocycles. The first-order valence-corrected chi connectivity index (χ1v) is 13.5. The maximum absolute atomic E-state index is 14.1. The number of rotatable bonds is 3. The highest BCUT2D eigenvalue weighted by molar-refractivity contribution is 6.24. The van der Waals surface area contributed by atoms with Crippen LogP contribution in [-0.2, 0) is 25.5 Å². The second-order valence-electron chi connectivity index (χ2n) is 12.4. The summed E-state index contributed by atoms with van der Waals surface area (Å²) in [5, 5.41) is 45.2. The molecule has 1 heterocycles. The Morgan fingerprint density at radius 2 is 1.74 bits per heavy atom. The van der Waals surface area contributed by atoms with E-state index in [1.54, 1.807) is 4.90 Å². The molecule has 0 spiro atoms. The molecule has 1 aromatic rings. The molecule has 39 heavy (non-hydrogen) atoms. The molecule has 208 valence electrons. The normalized spacial score (nSPS) is 32.8. The summed E-state index contributed by atoms with van der Waals surface area (Å²) in [6.07, 6.45) is 2.33. The number of aromatic hydroxyl groups is 1. The van der Waals surface area contributed by atoms with E-state index in [4.69, 9.17) is 10.5 Å². The van der Waals surface area contributed by atoms with Crippen LogP contribution in [0.5, 0.6) is 5.75 Å². The molecule has 4 aliphatic carbocycles. The number of phenols is 1. The van der Waals surface area contributed by atoms with E-state index in [0.29, 0.717) is 32.7 Å². The van der Waals surface area contributed by atoms with Gasteiger partial charge in [-0.15, -0.1) is 0 Å². The predicted molar refractivity (Wildman–Crippen MR) is 139 cm³/mol. The van der Waals surface area contributed by atoms with Gasteiger partial charge in [0.05, 0.1) is 24.8 Å². The fourth-order valence-electron chi connectivity index (χ4n) is 7.83. The van der Waals surface area contributed by atoms with Crippen molar-refractivity contribution < 1.29 is 39.5 Å². The van der Waals surface area contributed by atoms with Crippen LogP contribution in [0.4, 0.5) is 0 Å². The number of hydrogen-bond acceptors (Lipinski definition) is 9. The van der Waals surface area contributed by atoms with Crippen LogP contribution in [0.3, 0.4) is 0 Å². The standard InChI is InChI=1S/C29H34N2O8/c1-28(2)11-14(12-28)15-3-4-18(32)20-16(15)9-13-10-17-22(31-5-7-39-8-6-31)24(34)21(27(30)37)26(36)29(17,38)25(35)19(13)23(20)33/h3-4,13-14,17,22,32-33,36,38H,5-12H2,1-2H3,(H2,30,37)/t13-,17-,22+,29-/m0/s1. The Hall–Kier alpha value is -3.21. The number of Topliss-reactive ketones (excluding diaryl/α,β-unsaturated/α-hetero) is 2. The van der Waals surface area contributed by atoms with Gasteiger partial charge in [0.15, 0.2) is 11.4 Å². The van der Waals surface area contributed by atoms with Gasteiger partial charge < -0.3 is 30.9 Å². The molecule has 3 fully saturated rings. The van der Waals surface area contributed by atoms with Crippen LogP contribution < -0.4 is 5.73 Å². The van der Waals surface area contributed by atoms with Gasteiger partial charge in [0.25, 0.3) is 5.91 Å². The van der Waals surface area contributed by atoms with Crippen molar-refractivity contribution in [2.24, 2.45) is 23.0 Å². The number of ketones is 2. The van der Waals surface area contributed by atoms with Crippen LogP contribution >= 0.6 is 0 Å². The lowest BCUT2D eigenvalue weighted by Gasteiger charge is -2.52. The maximum Gasteiger partial charge on any atom is 0.255 e. The van der Waals surface area contributed by atoms with Gasteiger partial charge in [0, 0.05) is 24.6 Å². The zero-order chi connectivity index (χ0) is 28.0. The van der Waals surface area contributed by atoms with Crippen molar-refractivity contribution in [1.82, 2.24) is 4.90 Å². The predicted octanol–water partition coefficient (Wildman–Crippen LogP) is 1.64. The second-order valence-corrected chi connectivity index (χ2v) is 12.4. The van der Waals surface area contributed by atoms with Gasteiger partial charge in [-0.25, -0.2) is 0 Å². The fraction of sp³-hybridized carbons (Fsp3) is 0.552. The number of nitrogens with two attached hydrogens (primary N) is 1. The SMILES string of the molecule is CC1(C)CC(c2ccc(O)c3c2C[C@H]2C[C@H]4[C@@H](N5CCOCC5)C(=O)C(C(N)=O)=C(O)[C@@]4(O)C(=O)C2=C3O)C1. The van der Waals surface area contributed by atoms with E-state index in [0.717, 1.165) is 24.0 Å². The lowest BCUT2D eigenvalue weighted by molar-refractivity contribution is -0.157. The average Bonchev–Trinajstić information content (AvgIpc) is 2.85. The lowest BCUT2D eigenvalue weighted by Crippen LogP contribution is -2.67. The molecular weight excluding hydrogens is 504 g/mol. The van der Waals surface area contributed by atoms with Crippen molar-refractivity contribution in [2.45, 2.75) is 57.1 Å². The monoisotopic (exact) mass is 538 g/mol. The number of hydrogen-bond donors (Lipinski definition) is 5. The summed E-state index contributed by atoms with van der Waals surface area (Å²) in [6, 6.07) is 2.31. The van der Waals surface area contributed by atoms with E-state index in [-0.39, 0.29) is 34.6 Å². The number of fused-ring (bicyclic) bond motifs is 3. The van der Waals surface area contributed by atoms with E-state index in [2.05, 4.69) is 13.8 Å². The van der Waals surface area contributed by atoms with Gasteiger partial charge in [0.2, 0.25) is 5.78 Å². The Morgan fingerprint density at radius 1 is 1.08 bits per heavy atom. The quantitative estimate of drug-likeness (QED) is 0.359. The first-order chi connectivity index (χ1) is 18.4. The summed E-state index contributed by atoms with van der Waals surface area (Å²) in [7, 11) is 0. The van der Waals surface area contributed by atoms with Gasteiger partial charge in [-0.3, -0.25) is 19.3 Å². The smallest absolute Gasteiger partial charge is 0.255 e. The minimum Gasteiger partial charge on any atom is -0.508 e. The number of primary amides is 1. The Bertz CT molecular complexity index is 1360. The summed E-state index contributed by atoms with van der Waals surface area (Å²) in [5.41, 5.74) is 4.04. The zero-order valence-corrected chi connectivity index (χ0v) is 22.1. The molecule has 5 aliphatic rings. The van der Waals surface area contributed by atoms with Gasteiger partial charge in [-0.2, -0.15) is 0 Å². The molecule has 0 radical (unpaired) electrons. The molecule has 6 N–H and O–H groups in total. The Kier molecular flexibility index (Phi) is 5.77. The number of ether oxygens (including phenoxy) is 1. The van der Waals surface area contributed by atoms with Crippen molar-refractivity contribution >= 4 is 23.2 Å². The van der Waals surface area contributed by atoms with Crippen molar-refractivity contribution in [2.75, 3.05) is 26.3 Å². The minimum absolute atomic E-state index is 0.0934. The van der Waals surface area contributed by atoms with Crippen molar-refractivity contribution in [3.05, 3.63) is 45.7 Å². The molecule has 1 aromatic carbocycles. The van der Waals surface area contributed by atoms with Crippen LogP contribution in [0.2, 0.25) is 0 Å². The number of phenolic OH excluding ortho intramolecular Hbond substituents is 1. The molecule has 10 heteroatoms. The summed E-state index contributed by atoms with van der Waals surface area (Å²) < 4.78 is 5.42. The van der Waals surface area contributed by atoms with Crippen LogP contribution in [0, 0.1) is 17.3 Å². The summed E-state index contributed by atoms with van der Waals surface area (Å²) in [5.74, 6) is -6.04. The Balaban J connectivity index is 1.50. The van der Waals surface area contributed by atoms with Crippen LogP contribution in [0.25, 0.3) is 5.76 Å². The van der Waals surface area contributed by atoms with Gasteiger partial charge >= 0.3 is 0 Å². The third-order valence-electron chi connectivity index (χ3n) is 9.56. The van der Waals surface area contributed by atoms with Crippen LogP contribution in [0.15, 0.2) is 29.0 Å². The highest BCUT2D eigenvalue weighted by atomic mass is 16.5. The van der Waals surface area contributed by atoms with Gasteiger partial charge in [-0.05, 0) is 60.1 Å². The maximum atomic E-state index is 14.1. The topological polar surface area (TPSA) is 171 Å². The molecule has 2 saturated carbocycles. The van der Waals surface area contributed by atoms with E-state index in [1.807, 2.05) is 6.07 Å². The number of carbonyl (C=O) groups excluding carboxylic acids is 3. The molecule has 0 bridgehead atoms. The van der Waals surface area contributed by atoms with E-state index in [1.165, 1.54) is 6.07 Å². The van der Waals surface area contributed by atoms with Gasteiger partial charge in [0.1, 0.15) is 22.8 Å². The van der Waals surface area contributed by atoms with Crippen molar-refractivity contribution in [1.29, 1.82) is 0 Å². The number of aliphatic hydroxyl groups excluding tert-OH is 2. The van der Waals surface area contributed by atoms with E-state index >= 15 is 0 Å². The highest BCUT2D eigenvalue weighted by Crippen LogP contribution is 2.56. The third kappa shape index (κ3) is 3.61. The molecule has 0 unspecified atom stereocenters. The molecule has 1 amide bonds. The number of carbonyl (C=O) groups is 3.